The smallest absolute Gasteiger partial charge is 0.384 e. The van der Waals surface area contributed by atoms with Crippen molar-refractivity contribution in [1.29, 1.82) is 0 Å². The van der Waals surface area contributed by atoms with Crippen LogP contribution in [-0.2, 0) is 12.6 Å². The Morgan fingerprint density at radius 2 is 1.79 bits per heavy atom. The minimum absolute atomic E-state index is 0.00671. The predicted octanol–water partition coefficient (Wildman–Crippen LogP) is 5.90. The summed E-state index contributed by atoms with van der Waals surface area (Å²) in [6, 6.07) is 16.8. The van der Waals surface area contributed by atoms with Crippen molar-refractivity contribution in [3.8, 4) is 11.1 Å². The van der Waals surface area contributed by atoms with Gasteiger partial charge in [0.05, 0.1) is 5.56 Å². The standard InChI is InChI=1S/C23H19F3N2O/c1-14-11-18(15-5-3-2-4-6-15)19(13-20(14)23(24,25)26)22(29)28-17-7-8-21-16(12-17)9-10-27-21/h2-8,11-13,27H,9-10H2,1H3,(H,28,29). The summed E-state index contributed by atoms with van der Waals surface area (Å²) in [6.07, 6.45) is -3.69. The van der Waals surface area contributed by atoms with E-state index in [1.165, 1.54) is 13.0 Å². The molecule has 0 saturated heterocycles. The number of aryl methyl sites for hydroxylation is 1. The molecule has 0 spiro atoms. The molecule has 29 heavy (non-hydrogen) atoms. The summed E-state index contributed by atoms with van der Waals surface area (Å²) in [4.78, 5) is 13.0. The van der Waals surface area contributed by atoms with Gasteiger partial charge in [0.25, 0.3) is 5.91 Å². The number of hydrogen-bond acceptors (Lipinski definition) is 2. The Morgan fingerprint density at radius 3 is 2.52 bits per heavy atom. The Morgan fingerprint density at radius 1 is 1.03 bits per heavy atom. The van der Waals surface area contributed by atoms with Crippen LogP contribution in [0.4, 0.5) is 24.5 Å². The lowest BCUT2D eigenvalue weighted by molar-refractivity contribution is -0.138. The molecule has 3 aromatic carbocycles. The molecule has 3 nitrogen and oxygen atoms in total. The zero-order valence-electron chi connectivity index (χ0n) is 15.7. The summed E-state index contributed by atoms with van der Waals surface area (Å²) in [6.45, 7) is 2.24. The summed E-state index contributed by atoms with van der Waals surface area (Å²) in [7, 11) is 0. The zero-order valence-corrected chi connectivity index (χ0v) is 15.7. The molecule has 0 atom stereocenters. The van der Waals surface area contributed by atoms with E-state index in [-0.39, 0.29) is 11.1 Å². The molecule has 0 unspecified atom stereocenters. The van der Waals surface area contributed by atoms with Crippen LogP contribution in [0.25, 0.3) is 11.1 Å². The average molecular weight is 396 g/mol. The van der Waals surface area contributed by atoms with Crippen molar-refractivity contribution in [1.82, 2.24) is 0 Å². The largest absolute Gasteiger partial charge is 0.416 e. The van der Waals surface area contributed by atoms with Crippen molar-refractivity contribution in [2.75, 3.05) is 17.2 Å². The van der Waals surface area contributed by atoms with Gasteiger partial charge in [0.1, 0.15) is 0 Å². The molecular formula is C23H19F3N2O. The molecule has 6 heteroatoms. The van der Waals surface area contributed by atoms with Gasteiger partial charge in [-0.1, -0.05) is 36.4 Å². The van der Waals surface area contributed by atoms with Crippen molar-refractivity contribution in [2.45, 2.75) is 19.5 Å². The van der Waals surface area contributed by atoms with Crippen LogP contribution in [0.3, 0.4) is 0 Å². The molecular weight excluding hydrogens is 377 g/mol. The third-order valence-corrected chi connectivity index (χ3v) is 5.07. The van der Waals surface area contributed by atoms with E-state index in [4.69, 9.17) is 0 Å². The third kappa shape index (κ3) is 3.83. The lowest BCUT2D eigenvalue weighted by Crippen LogP contribution is -2.16. The van der Waals surface area contributed by atoms with E-state index >= 15 is 0 Å². The molecule has 4 rings (SSSR count). The highest BCUT2D eigenvalue weighted by Gasteiger charge is 2.34. The molecule has 1 amide bonds. The topological polar surface area (TPSA) is 41.1 Å². The first-order valence-corrected chi connectivity index (χ1v) is 9.28. The van der Waals surface area contributed by atoms with Crippen molar-refractivity contribution >= 4 is 17.3 Å². The van der Waals surface area contributed by atoms with Crippen LogP contribution in [0.1, 0.15) is 27.0 Å². The molecule has 0 aliphatic carbocycles. The molecule has 0 fully saturated rings. The lowest BCUT2D eigenvalue weighted by atomic mass is 9.93. The highest BCUT2D eigenvalue weighted by Crippen LogP contribution is 2.36. The van der Waals surface area contributed by atoms with Gasteiger partial charge < -0.3 is 10.6 Å². The molecule has 0 bridgehead atoms. The zero-order chi connectivity index (χ0) is 20.6. The number of nitrogens with one attached hydrogen (secondary N) is 2. The highest BCUT2D eigenvalue weighted by atomic mass is 19.4. The Bertz CT molecular complexity index is 1080. The minimum Gasteiger partial charge on any atom is -0.384 e. The Balaban J connectivity index is 1.76. The maximum Gasteiger partial charge on any atom is 0.416 e. The van der Waals surface area contributed by atoms with Crippen LogP contribution in [-0.4, -0.2) is 12.5 Å². The molecule has 1 heterocycles. The van der Waals surface area contributed by atoms with Gasteiger partial charge in [0, 0.05) is 23.5 Å². The van der Waals surface area contributed by atoms with Crippen LogP contribution in [0, 0.1) is 6.92 Å². The van der Waals surface area contributed by atoms with Crippen LogP contribution < -0.4 is 10.6 Å². The van der Waals surface area contributed by atoms with E-state index in [0.29, 0.717) is 16.8 Å². The number of carbonyl (C=O) groups excluding carboxylic acids is 1. The van der Waals surface area contributed by atoms with Crippen LogP contribution in [0.5, 0.6) is 0 Å². The van der Waals surface area contributed by atoms with Crippen molar-refractivity contribution in [2.24, 2.45) is 0 Å². The summed E-state index contributed by atoms with van der Waals surface area (Å²) >= 11 is 0. The number of alkyl halides is 3. The van der Waals surface area contributed by atoms with E-state index in [2.05, 4.69) is 10.6 Å². The third-order valence-electron chi connectivity index (χ3n) is 5.07. The predicted molar refractivity (Wildman–Crippen MR) is 108 cm³/mol. The Hall–Kier alpha value is -3.28. The molecule has 1 aliphatic rings. The number of anilines is 2. The first kappa shape index (κ1) is 19.1. The van der Waals surface area contributed by atoms with Gasteiger partial charge in [-0.3, -0.25) is 4.79 Å². The van der Waals surface area contributed by atoms with E-state index < -0.39 is 17.6 Å². The van der Waals surface area contributed by atoms with Gasteiger partial charge in [0.15, 0.2) is 0 Å². The number of carbonyl (C=O) groups is 1. The second-order valence-electron chi connectivity index (χ2n) is 7.08. The van der Waals surface area contributed by atoms with Gasteiger partial charge in [0.2, 0.25) is 0 Å². The van der Waals surface area contributed by atoms with E-state index in [0.717, 1.165) is 30.3 Å². The average Bonchev–Trinajstić information content (AvgIpc) is 3.15. The first-order valence-electron chi connectivity index (χ1n) is 9.28. The van der Waals surface area contributed by atoms with E-state index in [1.807, 2.05) is 18.2 Å². The van der Waals surface area contributed by atoms with Crippen molar-refractivity contribution in [3.63, 3.8) is 0 Å². The normalized spacial score (nSPS) is 13.0. The summed E-state index contributed by atoms with van der Waals surface area (Å²) < 4.78 is 40.4. The summed E-state index contributed by atoms with van der Waals surface area (Å²) in [5, 5.41) is 6.00. The molecule has 0 aromatic heterocycles. The Labute approximate surface area is 166 Å². The lowest BCUT2D eigenvalue weighted by Gasteiger charge is -2.17. The molecule has 2 N–H and O–H groups in total. The second-order valence-corrected chi connectivity index (χ2v) is 7.08. The number of amides is 1. The SMILES string of the molecule is Cc1cc(-c2ccccc2)c(C(=O)Nc2ccc3c(c2)CCN3)cc1C(F)(F)F. The Kier molecular flexibility index (Phi) is 4.78. The van der Waals surface area contributed by atoms with Crippen LogP contribution >= 0.6 is 0 Å². The fourth-order valence-electron chi connectivity index (χ4n) is 3.64. The fraction of sp³-hybridized carbons (Fsp3) is 0.174. The van der Waals surface area contributed by atoms with Gasteiger partial charge in [-0.25, -0.2) is 0 Å². The highest BCUT2D eigenvalue weighted by molar-refractivity contribution is 6.09. The number of benzene rings is 3. The van der Waals surface area contributed by atoms with Crippen LogP contribution in [0.15, 0.2) is 60.7 Å². The number of rotatable bonds is 3. The van der Waals surface area contributed by atoms with E-state index in [1.54, 1.807) is 30.3 Å². The minimum atomic E-state index is -4.53. The van der Waals surface area contributed by atoms with E-state index in [9.17, 15) is 18.0 Å². The molecule has 1 aliphatic heterocycles. The van der Waals surface area contributed by atoms with Gasteiger partial charge in [-0.2, -0.15) is 13.2 Å². The van der Waals surface area contributed by atoms with Crippen molar-refractivity contribution in [3.05, 3.63) is 82.9 Å². The molecule has 0 saturated carbocycles. The maximum absolute atomic E-state index is 13.5. The molecule has 148 valence electrons. The first-order chi connectivity index (χ1) is 13.8. The second kappa shape index (κ2) is 7.28. The van der Waals surface area contributed by atoms with Crippen LogP contribution in [0.2, 0.25) is 0 Å². The van der Waals surface area contributed by atoms with Gasteiger partial charge >= 0.3 is 6.18 Å². The maximum atomic E-state index is 13.5. The molecule has 3 aromatic rings. The number of halogens is 3. The molecule has 0 radical (unpaired) electrons. The summed E-state index contributed by atoms with van der Waals surface area (Å²) in [5.74, 6) is -0.569. The fourth-order valence-corrected chi connectivity index (χ4v) is 3.64. The summed E-state index contributed by atoms with van der Waals surface area (Å²) in [5.41, 5.74) is 3.08. The quantitative estimate of drug-likeness (QED) is 0.579. The van der Waals surface area contributed by atoms with Crippen molar-refractivity contribution < 1.29 is 18.0 Å². The van der Waals surface area contributed by atoms with Gasteiger partial charge in [-0.15, -0.1) is 0 Å². The number of fused-ring (bicyclic) bond motifs is 1. The number of hydrogen-bond donors (Lipinski definition) is 2. The van der Waals surface area contributed by atoms with Gasteiger partial charge in [-0.05, 0) is 59.9 Å². The monoisotopic (exact) mass is 396 g/mol.